The van der Waals surface area contributed by atoms with Crippen molar-refractivity contribution in [3.63, 3.8) is 0 Å². The number of rotatable bonds is 12. The van der Waals surface area contributed by atoms with E-state index in [1.807, 2.05) is 11.9 Å². The van der Waals surface area contributed by atoms with Crippen LogP contribution in [0.2, 0.25) is 0 Å². The van der Waals surface area contributed by atoms with E-state index in [-0.39, 0.29) is 18.1 Å². The van der Waals surface area contributed by atoms with Gasteiger partial charge >= 0.3 is 5.97 Å². The summed E-state index contributed by atoms with van der Waals surface area (Å²) in [4.78, 5) is 18.7. The molecule has 0 bridgehead atoms. The van der Waals surface area contributed by atoms with Crippen molar-refractivity contribution in [1.82, 2.24) is 9.88 Å². The van der Waals surface area contributed by atoms with Gasteiger partial charge in [-0.2, -0.15) is 0 Å². The minimum absolute atomic E-state index is 0.161. The van der Waals surface area contributed by atoms with Crippen molar-refractivity contribution >= 4 is 22.9 Å². The highest BCUT2D eigenvalue weighted by molar-refractivity contribution is 5.83. The fourth-order valence-corrected chi connectivity index (χ4v) is 4.11. The van der Waals surface area contributed by atoms with Gasteiger partial charge in [0, 0.05) is 24.0 Å². The van der Waals surface area contributed by atoms with Crippen LogP contribution < -0.4 is 4.74 Å². The Morgan fingerprint density at radius 1 is 1.14 bits per heavy atom. The number of likely N-dealkylation sites (N-methyl/N-ethyl adjacent to an activating group) is 1. The minimum atomic E-state index is -0.511. The van der Waals surface area contributed by atoms with E-state index in [2.05, 4.69) is 4.98 Å². The number of pyridine rings is 1. The second-order valence-corrected chi connectivity index (χ2v) is 8.60. The normalized spacial score (nSPS) is 12.4. The van der Waals surface area contributed by atoms with Crippen molar-refractivity contribution < 1.29 is 27.4 Å². The van der Waals surface area contributed by atoms with Crippen molar-refractivity contribution in [2.75, 3.05) is 33.9 Å². The lowest BCUT2D eigenvalue weighted by atomic mass is 9.97. The molecule has 1 atom stereocenters. The van der Waals surface area contributed by atoms with Crippen LogP contribution in [0.15, 0.2) is 48.7 Å². The van der Waals surface area contributed by atoms with Crippen LogP contribution in [0.4, 0.5) is 13.2 Å². The number of methoxy groups -OCH3 is 1. The maximum Gasteiger partial charge on any atom is 0.310 e. The number of halogens is 3. The van der Waals surface area contributed by atoms with E-state index in [0.29, 0.717) is 54.6 Å². The molecule has 1 aromatic heterocycles. The Balaban J connectivity index is 1.64. The molecule has 192 valence electrons. The third kappa shape index (κ3) is 7.31. The molecule has 0 saturated carbocycles. The molecule has 2 aromatic carbocycles. The third-order valence-corrected chi connectivity index (χ3v) is 5.94. The first-order chi connectivity index (χ1) is 17.3. The molecule has 0 N–H and O–H groups in total. The molecule has 0 aliphatic rings. The van der Waals surface area contributed by atoms with Crippen LogP contribution in [-0.4, -0.2) is 49.7 Å². The zero-order valence-corrected chi connectivity index (χ0v) is 20.8. The predicted molar refractivity (Wildman–Crippen MR) is 134 cm³/mol. The molecule has 0 amide bonds. The Labute approximate surface area is 209 Å². The molecule has 0 fully saturated rings. The third-order valence-electron chi connectivity index (χ3n) is 5.94. The molecule has 0 aliphatic heterocycles. The fraction of sp³-hybridized carbons (Fsp3) is 0.357. The number of carbonyl (C=O) groups is 1. The first kappa shape index (κ1) is 27.2. The second-order valence-electron chi connectivity index (χ2n) is 8.60. The van der Waals surface area contributed by atoms with Gasteiger partial charge in [-0.3, -0.25) is 9.78 Å². The highest BCUT2D eigenvalue weighted by Gasteiger charge is 2.22. The van der Waals surface area contributed by atoms with Gasteiger partial charge < -0.3 is 14.4 Å². The van der Waals surface area contributed by atoms with Crippen LogP contribution >= 0.6 is 0 Å². The lowest BCUT2D eigenvalue weighted by Gasteiger charge is -2.22. The Bertz CT molecular complexity index is 1220. The van der Waals surface area contributed by atoms with Crippen LogP contribution in [0.5, 0.6) is 5.75 Å². The largest absolute Gasteiger partial charge is 0.497 e. The Kier molecular flexibility index (Phi) is 9.87. The molecule has 36 heavy (non-hydrogen) atoms. The van der Waals surface area contributed by atoms with Crippen LogP contribution in [0.25, 0.3) is 17.0 Å². The van der Waals surface area contributed by atoms with Gasteiger partial charge in [0.2, 0.25) is 0 Å². The zero-order chi connectivity index (χ0) is 26.1. The van der Waals surface area contributed by atoms with E-state index in [1.54, 1.807) is 38.3 Å². The van der Waals surface area contributed by atoms with Crippen LogP contribution in [0.3, 0.4) is 0 Å². The van der Waals surface area contributed by atoms with Crippen molar-refractivity contribution in [2.24, 2.45) is 5.92 Å². The number of benzene rings is 2. The van der Waals surface area contributed by atoms with Crippen molar-refractivity contribution in [1.29, 1.82) is 0 Å². The standard InChI is InChI=1S/C28H31F3N2O3/c1-4-36-28(34)20(18-33(2)14-6-8-19-15-21(29)10-12-25(19)30)7-5-9-23-24-16-22(35-3)11-13-27(24)32-17-26(23)31/h6,8,10-13,15-17,20H,4-5,7,9,14,18H2,1-3H3/b8-6+. The van der Waals surface area contributed by atoms with Crippen molar-refractivity contribution in [3.8, 4) is 5.75 Å². The van der Waals surface area contributed by atoms with Gasteiger partial charge in [-0.05, 0) is 75.2 Å². The molecule has 0 spiro atoms. The van der Waals surface area contributed by atoms with Crippen LogP contribution in [-0.2, 0) is 16.0 Å². The first-order valence-electron chi connectivity index (χ1n) is 11.9. The molecule has 0 saturated heterocycles. The average Bonchev–Trinajstić information content (AvgIpc) is 2.86. The minimum Gasteiger partial charge on any atom is -0.497 e. The van der Waals surface area contributed by atoms with E-state index in [4.69, 9.17) is 9.47 Å². The molecular formula is C28H31F3N2O3. The van der Waals surface area contributed by atoms with Gasteiger partial charge in [0.25, 0.3) is 0 Å². The SMILES string of the molecule is CCOC(=O)C(CCCc1c(F)cnc2ccc(OC)cc12)CN(C)C/C=C/c1cc(F)ccc1F. The monoisotopic (exact) mass is 500 g/mol. The number of hydrogen-bond donors (Lipinski definition) is 0. The summed E-state index contributed by atoms with van der Waals surface area (Å²) in [6, 6.07) is 8.62. The summed E-state index contributed by atoms with van der Waals surface area (Å²) in [5.74, 6) is -1.52. The van der Waals surface area contributed by atoms with E-state index in [9.17, 15) is 18.0 Å². The number of fused-ring (bicyclic) bond motifs is 1. The number of aryl methyl sites for hydroxylation is 1. The van der Waals surface area contributed by atoms with E-state index in [0.717, 1.165) is 18.2 Å². The molecule has 3 rings (SSSR count). The molecule has 0 radical (unpaired) electrons. The summed E-state index contributed by atoms with van der Waals surface area (Å²) in [5, 5.41) is 0.689. The number of nitrogens with zero attached hydrogens (tertiary/aromatic N) is 2. The smallest absolute Gasteiger partial charge is 0.310 e. The van der Waals surface area contributed by atoms with Crippen molar-refractivity contribution in [2.45, 2.75) is 26.2 Å². The molecule has 8 heteroatoms. The maximum atomic E-state index is 14.6. The number of esters is 1. The Morgan fingerprint density at radius 3 is 2.69 bits per heavy atom. The molecule has 0 aliphatic carbocycles. The first-order valence-corrected chi connectivity index (χ1v) is 11.9. The molecular weight excluding hydrogens is 469 g/mol. The van der Waals surface area contributed by atoms with E-state index in [1.165, 1.54) is 12.3 Å². The van der Waals surface area contributed by atoms with E-state index >= 15 is 0 Å². The van der Waals surface area contributed by atoms with Crippen molar-refractivity contribution in [3.05, 3.63) is 77.2 Å². The lowest BCUT2D eigenvalue weighted by Crippen LogP contribution is -2.32. The quantitative estimate of drug-likeness (QED) is 0.294. The van der Waals surface area contributed by atoms with Gasteiger partial charge in [0.05, 0.1) is 31.3 Å². The second kappa shape index (κ2) is 13.1. The molecule has 1 unspecified atom stereocenters. The summed E-state index contributed by atoms with van der Waals surface area (Å²) >= 11 is 0. The summed E-state index contributed by atoms with van der Waals surface area (Å²) < 4.78 is 52.3. The number of hydrogen-bond acceptors (Lipinski definition) is 5. The van der Waals surface area contributed by atoms with Gasteiger partial charge in [-0.25, -0.2) is 13.2 Å². The molecule has 3 aromatic rings. The van der Waals surface area contributed by atoms with Gasteiger partial charge in [-0.15, -0.1) is 0 Å². The Morgan fingerprint density at radius 2 is 1.94 bits per heavy atom. The molecule has 5 nitrogen and oxygen atoms in total. The zero-order valence-electron chi connectivity index (χ0n) is 20.8. The van der Waals surface area contributed by atoms with Gasteiger partial charge in [-0.1, -0.05) is 12.2 Å². The topological polar surface area (TPSA) is 51.7 Å². The lowest BCUT2D eigenvalue weighted by molar-refractivity contribution is -0.148. The highest BCUT2D eigenvalue weighted by atomic mass is 19.1. The molecule has 1 heterocycles. The van der Waals surface area contributed by atoms with E-state index < -0.39 is 23.4 Å². The summed E-state index contributed by atoms with van der Waals surface area (Å²) in [7, 11) is 3.39. The summed E-state index contributed by atoms with van der Waals surface area (Å²) in [5.41, 5.74) is 1.37. The van der Waals surface area contributed by atoms with Gasteiger partial charge in [0.15, 0.2) is 0 Å². The fourth-order valence-electron chi connectivity index (χ4n) is 4.11. The number of carbonyl (C=O) groups excluding carboxylic acids is 1. The highest BCUT2D eigenvalue weighted by Crippen LogP contribution is 2.26. The average molecular weight is 501 g/mol. The van der Waals surface area contributed by atoms with Crippen LogP contribution in [0, 0.1) is 23.4 Å². The maximum absolute atomic E-state index is 14.6. The number of ether oxygens (including phenoxy) is 2. The Hall–Kier alpha value is -3.39. The summed E-state index contributed by atoms with van der Waals surface area (Å²) in [6.45, 7) is 2.85. The van der Waals surface area contributed by atoms with Crippen LogP contribution in [0.1, 0.15) is 30.9 Å². The summed E-state index contributed by atoms with van der Waals surface area (Å²) in [6.07, 6.45) is 5.93. The predicted octanol–water partition coefficient (Wildman–Crippen LogP) is 5.81. The van der Waals surface area contributed by atoms with Gasteiger partial charge in [0.1, 0.15) is 23.2 Å². The number of aromatic nitrogens is 1.